The number of urea groups is 1. The Hall–Kier alpha value is -4.13. The zero-order valence-corrected chi connectivity index (χ0v) is 22.6. The van der Waals surface area contributed by atoms with Gasteiger partial charge in [-0.15, -0.1) is 0 Å². The first-order valence-electron chi connectivity index (χ1n) is 13.2. The molecule has 3 aromatic carbocycles. The van der Waals surface area contributed by atoms with Gasteiger partial charge in [-0.2, -0.15) is 0 Å². The van der Waals surface area contributed by atoms with E-state index in [4.69, 9.17) is 9.72 Å². The lowest BCUT2D eigenvalue weighted by Crippen LogP contribution is -2.40. The van der Waals surface area contributed by atoms with Gasteiger partial charge in [-0.05, 0) is 56.2 Å². The monoisotopic (exact) mass is 512 g/mol. The molecule has 0 aliphatic heterocycles. The number of hydrogen-bond acceptors (Lipinski definition) is 4. The zero-order valence-electron chi connectivity index (χ0n) is 22.6. The molecule has 0 spiro atoms. The fourth-order valence-electron chi connectivity index (χ4n) is 4.70. The largest absolute Gasteiger partial charge is 0.495 e. The van der Waals surface area contributed by atoms with Crippen molar-refractivity contribution in [1.29, 1.82) is 0 Å². The van der Waals surface area contributed by atoms with E-state index in [1.54, 1.807) is 22.6 Å². The molecule has 1 aromatic heterocycles. The number of amides is 2. The van der Waals surface area contributed by atoms with Gasteiger partial charge in [0.15, 0.2) is 0 Å². The average molecular weight is 513 g/mol. The van der Waals surface area contributed by atoms with E-state index in [2.05, 4.69) is 12.2 Å². The van der Waals surface area contributed by atoms with Gasteiger partial charge in [0.05, 0.1) is 29.7 Å². The molecule has 0 aliphatic rings. The highest BCUT2D eigenvalue weighted by Crippen LogP contribution is 2.28. The van der Waals surface area contributed by atoms with E-state index in [1.807, 2.05) is 80.6 Å². The summed E-state index contributed by atoms with van der Waals surface area (Å²) in [6.07, 6.45) is 4.07. The number of nitrogens with zero attached hydrogens (tertiary/aromatic N) is 3. The highest BCUT2D eigenvalue weighted by molar-refractivity contribution is 5.90. The van der Waals surface area contributed by atoms with Gasteiger partial charge in [0.25, 0.3) is 5.56 Å². The van der Waals surface area contributed by atoms with Gasteiger partial charge in [-0.3, -0.25) is 9.36 Å². The number of ether oxygens (including phenoxy) is 1. The summed E-state index contributed by atoms with van der Waals surface area (Å²) in [5.41, 5.74) is 2.72. The van der Waals surface area contributed by atoms with Gasteiger partial charge in [0, 0.05) is 12.2 Å². The van der Waals surface area contributed by atoms with Crippen LogP contribution >= 0.6 is 0 Å². The van der Waals surface area contributed by atoms with Crippen molar-refractivity contribution in [3.05, 3.63) is 94.5 Å². The Balaban J connectivity index is 1.83. The lowest BCUT2D eigenvalue weighted by Gasteiger charge is -2.31. The number of hydrogen-bond donors (Lipinski definition) is 1. The Bertz CT molecular complexity index is 1460. The van der Waals surface area contributed by atoms with Crippen molar-refractivity contribution in [2.75, 3.05) is 19.0 Å². The molecule has 1 N–H and O–H groups in total. The van der Waals surface area contributed by atoms with Gasteiger partial charge in [-0.1, -0.05) is 68.7 Å². The molecule has 0 radical (unpaired) electrons. The number of methoxy groups -OCH3 is 1. The van der Waals surface area contributed by atoms with Crippen LogP contribution in [-0.4, -0.2) is 34.1 Å². The molecule has 38 heavy (non-hydrogen) atoms. The van der Waals surface area contributed by atoms with E-state index in [0.29, 0.717) is 34.7 Å². The van der Waals surface area contributed by atoms with Crippen LogP contribution in [0.2, 0.25) is 0 Å². The minimum Gasteiger partial charge on any atom is -0.495 e. The third kappa shape index (κ3) is 5.72. The van der Waals surface area contributed by atoms with Crippen molar-refractivity contribution in [3.8, 4) is 11.4 Å². The minimum atomic E-state index is -0.497. The summed E-state index contributed by atoms with van der Waals surface area (Å²) in [6, 6.07) is 21.7. The highest BCUT2D eigenvalue weighted by Gasteiger charge is 2.28. The summed E-state index contributed by atoms with van der Waals surface area (Å²) in [5, 5.41) is 3.59. The molecule has 198 valence electrons. The predicted molar refractivity (Wildman–Crippen MR) is 153 cm³/mol. The highest BCUT2D eigenvalue weighted by atomic mass is 16.5. The third-order valence-electron chi connectivity index (χ3n) is 6.87. The van der Waals surface area contributed by atoms with Gasteiger partial charge in [0.2, 0.25) is 0 Å². The molecule has 4 rings (SSSR count). The maximum absolute atomic E-state index is 13.9. The summed E-state index contributed by atoms with van der Waals surface area (Å²) >= 11 is 0. The molecule has 1 unspecified atom stereocenters. The molecule has 0 saturated heterocycles. The first kappa shape index (κ1) is 26.9. The number of aryl methyl sites for hydroxylation is 1. The van der Waals surface area contributed by atoms with Crippen molar-refractivity contribution in [2.24, 2.45) is 0 Å². The van der Waals surface area contributed by atoms with Crippen LogP contribution < -0.4 is 15.6 Å². The number of carbonyl (C=O) groups is 1. The van der Waals surface area contributed by atoms with E-state index in [1.165, 1.54) is 0 Å². The normalized spacial score (nSPS) is 11.8. The number of fused-ring (bicyclic) bond motifs is 1. The predicted octanol–water partition coefficient (Wildman–Crippen LogP) is 6.88. The Morgan fingerprint density at radius 2 is 1.71 bits per heavy atom. The first-order chi connectivity index (χ1) is 18.5. The minimum absolute atomic E-state index is 0.202. The Morgan fingerprint density at radius 1 is 1.00 bits per heavy atom. The Kier molecular flexibility index (Phi) is 8.79. The second-order valence-corrected chi connectivity index (χ2v) is 9.47. The smallest absolute Gasteiger partial charge is 0.322 e. The number of para-hydroxylation sites is 4. The van der Waals surface area contributed by atoms with Crippen LogP contribution in [0.25, 0.3) is 16.6 Å². The molecule has 4 aromatic rings. The molecule has 2 amide bonds. The first-order valence-corrected chi connectivity index (χ1v) is 13.2. The lowest BCUT2D eigenvalue weighted by atomic mass is 10.1. The average Bonchev–Trinajstić information content (AvgIpc) is 2.94. The molecular weight excluding hydrogens is 476 g/mol. The summed E-state index contributed by atoms with van der Waals surface area (Å²) < 4.78 is 7.20. The Labute approximate surface area is 224 Å². The van der Waals surface area contributed by atoms with Crippen molar-refractivity contribution in [1.82, 2.24) is 14.5 Å². The van der Waals surface area contributed by atoms with Crippen LogP contribution in [0.3, 0.4) is 0 Å². The van der Waals surface area contributed by atoms with Crippen molar-refractivity contribution < 1.29 is 9.53 Å². The topological polar surface area (TPSA) is 76.5 Å². The van der Waals surface area contributed by atoms with E-state index < -0.39 is 6.04 Å². The molecule has 0 aliphatic carbocycles. The number of nitrogens with one attached hydrogen (secondary N) is 1. The van der Waals surface area contributed by atoms with Crippen molar-refractivity contribution in [2.45, 2.75) is 52.5 Å². The van der Waals surface area contributed by atoms with E-state index in [-0.39, 0.29) is 11.6 Å². The van der Waals surface area contributed by atoms with Crippen LogP contribution in [0.5, 0.6) is 5.75 Å². The van der Waals surface area contributed by atoms with Crippen molar-refractivity contribution >= 4 is 22.6 Å². The molecule has 7 nitrogen and oxygen atoms in total. The van der Waals surface area contributed by atoms with E-state index in [0.717, 1.165) is 36.9 Å². The SMILES string of the molecule is CCCCCCN(C(=O)Nc1ccccc1C)C(C)c1nc2ccccc2c(=O)n1-c1ccccc1OC. The molecule has 0 bridgehead atoms. The Morgan fingerprint density at radius 3 is 2.47 bits per heavy atom. The fraction of sp³-hybridized carbons (Fsp3) is 0.323. The van der Waals surface area contributed by atoms with Crippen LogP contribution in [0.4, 0.5) is 10.5 Å². The second kappa shape index (κ2) is 12.4. The van der Waals surface area contributed by atoms with E-state index >= 15 is 0 Å². The van der Waals surface area contributed by atoms with Gasteiger partial charge in [0.1, 0.15) is 11.6 Å². The maximum atomic E-state index is 13.9. The third-order valence-corrected chi connectivity index (χ3v) is 6.87. The van der Waals surface area contributed by atoms with Crippen molar-refractivity contribution in [3.63, 3.8) is 0 Å². The second-order valence-electron chi connectivity index (χ2n) is 9.47. The molecular formula is C31H36N4O3. The van der Waals surface area contributed by atoms with Gasteiger partial charge >= 0.3 is 6.03 Å². The van der Waals surface area contributed by atoms with E-state index in [9.17, 15) is 9.59 Å². The van der Waals surface area contributed by atoms with Gasteiger partial charge in [-0.25, -0.2) is 9.78 Å². The molecule has 0 saturated carbocycles. The number of rotatable bonds is 10. The molecule has 1 atom stereocenters. The summed E-state index contributed by atoms with van der Waals surface area (Å²) in [7, 11) is 1.58. The number of unbranched alkanes of at least 4 members (excludes halogenated alkanes) is 3. The number of benzene rings is 3. The molecule has 0 fully saturated rings. The van der Waals surface area contributed by atoms with Crippen LogP contribution in [-0.2, 0) is 0 Å². The fourth-order valence-corrected chi connectivity index (χ4v) is 4.70. The number of carbonyl (C=O) groups excluding carboxylic acids is 1. The van der Waals surface area contributed by atoms with Gasteiger partial charge < -0.3 is 15.0 Å². The quantitative estimate of drug-likeness (QED) is 0.235. The summed E-state index contributed by atoms with van der Waals surface area (Å²) in [5.74, 6) is 1.03. The number of anilines is 1. The molecule has 7 heteroatoms. The zero-order chi connectivity index (χ0) is 27.1. The standard InChI is InChI=1S/C31H36N4O3/c1-5-6-7-14-21-34(31(37)33-25-17-10-8-15-22(25)2)23(3)29-32-26-18-11-9-16-24(26)30(36)35(29)27-19-12-13-20-28(27)38-4/h8-13,15-20,23H,5-7,14,21H2,1-4H3,(H,33,37). The molecule has 1 heterocycles. The number of aromatic nitrogens is 2. The lowest BCUT2D eigenvalue weighted by molar-refractivity contribution is 0.187. The van der Waals surface area contributed by atoms with Crippen LogP contribution in [0, 0.1) is 6.92 Å². The maximum Gasteiger partial charge on any atom is 0.322 e. The summed E-state index contributed by atoms with van der Waals surface area (Å²) in [4.78, 5) is 34.4. The summed E-state index contributed by atoms with van der Waals surface area (Å²) in [6.45, 7) is 6.60. The van der Waals surface area contributed by atoms with Crippen LogP contribution in [0.1, 0.15) is 57.0 Å². The van der Waals surface area contributed by atoms with Crippen LogP contribution in [0.15, 0.2) is 77.6 Å².